The lowest BCUT2D eigenvalue weighted by molar-refractivity contribution is 0.0892. The third-order valence-electron chi connectivity index (χ3n) is 3.65. The first-order valence-electron chi connectivity index (χ1n) is 7.16. The van der Waals surface area contributed by atoms with E-state index in [2.05, 4.69) is 6.07 Å². The van der Waals surface area contributed by atoms with E-state index >= 15 is 0 Å². The van der Waals surface area contributed by atoms with Crippen molar-refractivity contribution >= 4 is 0 Å². The largest absolute Gasteiger partial charge is 0.490 e. The SMILES string of the molecule is N#C[C@H]1C[C@H](Oc2ccc(OCc3ccccc3)cc2)C1. The topological polar surface area (TPSA) is 42.2 Å². The first-order valence-corrected chi connectivity index (χ1v) is 7.16. The maximum Gasteiger partial charge on any atom is 0.120 e. The Hall–Kier alpha value is -2.47. The lowest BCUT2D eigenvalue weighted by Crippen LogP contribution is -2.32. The van der Waals surface area contributed by atoms with Crippen molar-refractivity contribution in [2.75, 3.05) is 0 Å². The fraction of sp³-hybridized carbons (Fsp3) is 0.278. The van der Waals surface area contributed by atoms with Gasteiger partial charge in [-0.15, -0.1) is 0 Å². The third-order valence-corrected chi connectivity index (χ3v) is 3.65. The number of ether oxygens (including phenoxy) is 2. The van der Waals surface area contributed by atoms with Crippen molar-refractivity contribution in [3.8, 4) is 17.6 Å². The molecule has 1 saturated carbocycles. The van der Waals surface area contributed by atoms with Crippen LogP contribution in [0.25, 0.3) is 0 Å². The summed E-state index contributed by atoms with van der Waals surface area (Å²) in [4.78, 5) is 0. The molecule has 0 heterocycles. The second-order valence-electron chi connectivity index (χ2n) is 5.28. The molecule has 0 spiro atoms. The average Bonchev–Trinajstić information content (AvgIpc) is 2.50. The zero-order valence-corrected chi connectivity index (χ0v) is 11.7. The van der Waals surface area contributed by atoms with Crippen LogP contribution in [0, 0.1) is 17.2 Å². The standard InChI is InChI=1S/C18H17NO2/c19-12-15-10-18(11-15)21-17-8-6-16(7-9-17)20-13-14-4-2-1-3-5-14/h1-9,15,18H,10-11,13H2/t15-,18-. The van der Waals surface area contributed by atoms with Gasteiger partial charge in [0.25, 0.3) is 0 Å². The molecule has 0 radical (unpaired) electrons. The summed E-state index contributed by atoms with van der Waals surface area (Å²) >= 11 is 0. The second kappa shape index (κ2) is 6.32. The van der Waals surface area contributed by atoms with Crippen LogP contribution in [0.1, 0.15) is 18.4 Å². The van der Waals surface area contributed by atoms with Crippen molar-refractivity contribution in [1.29, 1.82) is 5.26 Å². The molecule has 0 amide bonds. The molecule has 3 heteroatoms. The van der Waals surface area contributed by atoms with E-state index < -0.39 is 0 Å². The Morgan fingerprint density at radius 2 is 1.62 bits per heavy atom. The number of hydrogen-bond donors (Lipinski definition) is 0. The van der Waals surface area contributed by atoms with E-state index in [1.54, 1.807) is 0 Å². The van der Waals surface area contributed by atoms with Gasteiger partial charge in [0.05, 0.1) is 12.0 Å². The summed E-state index contributed by atoms with van der Waals surface area (Å²) in [5, 5.41) is 8.74. The Morgan fingerprint density at radius 3 is 2.29 bits per heavy atom. The maximum atomic E-state index is 8.74. The molecule has 2 aromatic carbocycles. The highest BCUT2D eigenvalue weighted by atomic mass is 16.5. The minimum Gasteiger partial charge on any atom is -0.490 e. The first-order chi connectivity index (χ1) is 10.3. The summed E-state index contributed by atoms with van der Waals surface area (Å²) in [6.07, 6.45) is 1.86. The summed E-state index contributed by atoms with van der Waals surface area (Å²) in [6.45, 7) is 0.563. The fourth-order valence-electron chi connectivity index (χ4n) is 2.32. The van der Waals surface area contributed by atoms with Crippen molar-refractivity contribution in [3.63, 3.8) is 0 Å². The molecule has 1 fully saturated rings. The van der Waals surface area contributed by atoms with Gasteiger partial charge < -0.3 is 9.47 Å². The van der Waals surface area contributed by atoms with Gasteiger partial charge in [0, 0.05) is 12.8 Å². The lowest BCUT2D eigenvalue weighted by atomic mass is 9.83. The van der Waals surface area contributed by atoms with Crippen LogP contribution < -0.4 is 9.47 Å². The molecule has 0 atom stereocenters. The second-order valence-corrected chi connectivity index (χ2v) is 5.28. The van der Waals surface area contributed by atoms with E-state index in [9.17, 15) is 0 Å². The smallest absolute Gasteiger partial charge is 0.120 e. The summed E-state index contributed by atoms with van der Waals surface area (Å²) in [5.74, 6) is 1.83. The minimum atomic E-state index is 0.170. The van der Waals surface area contributed by atoms with Crippen LogP contribution in [0.15, 0.2) is 54.6 Å². The lowest BCUT2D eigenvalue weighted by Gasteiger charge is -2.30. The number of rotatable bonds is 5. The van der Waals surface area contributed by atoms with Crippen molar-refractivity contribution in [1.82, 2.24) is 0 Å². The summed E-state index contributed by atoms with van der Waals surface area (Å²) in [5.41, 5.74) is 1.15. The van der Waals surface area contributed by atoms with Gasteiger partial charge in [0.1, 0.15) is 24.2 Å². The van der Waals surface area contributed by atoms with E-state index in [0.717, 1.165) is 29.9 Å². The van der Waals surface area contributed by atoms with Crippen molar-refractivity contribution in [3.05, 3.63) is 60.2 Å². The monoisotopic (exact) mass is 279 g/mol. The van der Waals surface area contributed by atoms with Gasteiger partial charge in [-0.3, -0.25) is 0 Å². The first kappa shape index (κ1) is 13.5. The summed E-state index contributed by atoms with van der Waals surface area (Å²) in [6, 6.07) is 20.0. The Labute approximate surface area is 124 Å². The van der Waals surface area contributed by atoms with Crippen LogP contribution >= 0.6 is 0 Å². The molecular weight excluding hydrogens is 262 g/mol. The molecule has 21 heavy (non-hydrogen) atoms. The Bertz CT molecular complexity index is 610. The average molecular weight is 279 g/mol. The predicted molar refractivity (Wildman–Crippen MR) is 80.0 cm³/mol. The number of nitrogens with zero attached hydrogens (tertiary/aromatic N) is 1. The highest BCUT2D eigenvalue weighted by molar-refractivity contribution is 5.32. The van der Waals surface area contributed by atoms with E-state index in [1.807, 2.05) is 54.6 Å². The minimum absolute atomic E-state index is 0.170. The quantitative estimate of drug-likeness (QED) is 0.832. The Balaban J connectivity index is 1.49. The van der Waals surface area contributed by atoms with E-state index in [1.165, 1.54) is 0 Å². The molecule has 0 aromatic heterocycles. The molecule has 0 bridgehead atoms. The van der Waals surface area contributed by atoms with Crippen LogP contribution in [0.3, 0.4) is 0 Å². The van der Waals surface area contributed by atoms with E-state index in [0.29, 0.717) is 6.61 Å². The van der Waals surface area contributed by atoms with Crippen LogP contribution in [0.4, 0.5) is 0 Å². The van der Waals surface area contributed by atoms with Crippen LogP contribution in [0.2, 0.25) is 0 Å². The molecule has 2 aromatic rings. The molecule has 3 rings (SSSR count). The molecule has 0 saturated heterocycles. The van der Waals surface area contributed by atoms with Gasteiger partial charge >= 0.3 is 0 Å². The maximum absolute atomic E-state index is 8.74. The summed E-state index contributed by atoms with van der Waals surface area (Å²) in [7, 11) is 0. The molecular formula is C18H17NO2. The molecule has 0 aliphatic heterocycles. The fourth-order valence-corrected chi connectivity index (χ4v) is 2.32. The molecule has 1 aliphatic rings. The van der Waals surface area contributed by atoms with Crippen molar-refractivity contribution in [2.24, 2.45) is 5.92 Å². The Kier molecular flexibility index (Phi) is 4.07. The predicted octanol–water partition coefficient (Wildman–Crippen LogP) is 3.95. The zero-order chi connectivity index (χ0) is 14.5. The molecule has 0 N–H and O–H groups in total. The highest BCUT2D eigenvalue weighted by Crippen LogP contribution is 2.31. The summed E-state index contributed by atoms with van der Waals surface area (Å²) < 4.78 is 11.5. The van der Waals surface area contributed by atoms with E-state index in [-0.39, 0.29) is 12.0 Å². The Morgan fingerprint density at radius 1 is 0.952 bits per heavy atom. The number of benzene rings is 2. The normalized spacial score (nSPS) is 20.1. The van der Waals surface area contributed by atoms with Crippen molar-refractivity contribution in [2.45, 2.75) is 25.6 Å². The van der Waals surface area contributed by atoms with Gasteiger partial charge in [-0.25, -0.2) is 0 Å². The van der Waals surface area contributed by atoms with Crippen LogP contribution in [-0.4, -0.2) is 6.10 Å². The van der Waals surface area contributed by atoms with Gasteiger partial charge in [-0.05, 0) is 29.8 Å². The highest BCUT2D eigenvalue weighted by Gasteiger charge is 2.30. The van der Waals surface area contributed by atoms with Crippen molar-refractivity contribution < 1.29 is 9.47 Å². The third kappa shape index (κ3) is 3.55. The molecule has 106 valence electrons. The number of nitriles is 1. The van der Waals surface area contributed by atoms with Crippen LogP contribution in [-0.2, 0) is 6.61 Å². The molecule has 0 unspecified atom stereocenters. The van der Waals surface area contributed by atoms with Gasteiger partial charge in [0.15, 0.2) is 0 Å². The van der Waals surface area contributed by atoms with Gasteiger partial charge in [-0.2, -0.15) is 5.26 Å². The number of hydrogen-bond acceptors (Lipinski definition) is 3. The van der Waals surface area contributed by atoms with E-state index in [4.69, 9.17) is 14.7 Å². The molecule has 3 nitrogen and oxygen atoms in total. The van der Waals surface area contributed by atoms with Gasteiger partial charge in [-0.1, -0.05) is 30.3 Å². The van der Waals surface area contributed by atoms with Crippen LogP contribution in [0.5, 0.6) is 11.5 Å². The molecule has 1 aliphatic carbocycles. The van der Waals surface area contributed by atoms with Gasteiger partial charge in [0.2, 0.25) is 0 Å². The zero-order valence-electron chi connectivity index (χ0n) is 11.7.